The van der Waals surface area contributed by atoms with Crippen LogP contribution in [0.2, 0.25) is 0 Å². The van der Waals surface area contributed by atoms with Gasteiger partial charge in [0, 0.05) is 0 Å². The molecular weight excluding hydrogens is 180 g/mol. The topological polar surface area (TPSA) is 0 Å². The molecule has 1 aromatic rings. The second-order valence-electron chi connectivity index (χ2n) is 4.72. The third-order valence-corrected chi connectivity index (χ3v) is 3.62. The van der Waals surface area contributed by atoms with Crippen LogP contribution in [0.4, 0.5) is 0 Å². The highest BCUT2D eigenvalue weighted by Gasteiger charge is 2.20. The summed E-state index contributed by atoms with van der Waals surface area (Å²) < 4.78 is 0. The lowest BCUT2D eigenvalue weighted by molar-refractivity contribution is 0.929. The zero-order valence-corrected chi connectivity index (χ0v) is 9.43. The van der Waals surface area contributed by atoms with Gasteiger partial charge in [-0.25, -0.2) is 0 Å². The fraction of sp³-hybridized carbons (Fsp3) is 0.333. The van der Waals surface area contributed by atoms with Crippen molar-refractivity contribution in [1.29, 1.82) is 0 Å². The van der Waals surface area contributed by atoms with E-state index in [1.165, 1.54) is 29.5 Å². The minimum Gasteiger partial charge on any atom is -0.0798 e. The van der Waals surface area contributed by atoms with Gasteiger partial charge in [0.1, 0.15) is 0 Å². The van der Waals surface area contributed by atoms with Crippen LogP contribution in [0.15, 0.2) is 29.9 Å². The van der Waals surface area contributed by atoms with Crippen LogP contribution in [0.3, 0.4) is 0 Å². The highest BCUT2D eigenvalue weighted by atomic mass is 14.2. The zero-order valence-electron chi connectivity index (χ0n) is 9.43. The summed E-state index contributed by atoms with van der Waals surface area (Å²) in [6.07, 6.45) is 8.23. The van der Waals surface area contributed by atoms with Gasteiger partial charge in [0.2, 0.25) is 0 Å². The van der Waals surface area contributed by atoms with Crippen LogP contribution in [0, 0.1) is 13.8 Å². The van der Waals surface area contributed by atoms with Crippen molar-refractivity contribution in [2.45, 2.75) is 33.1 Å². The fourth-order valence-corrected chi connectivity index (χ4v) is 2.93. The van der Waals surface area contributed by atoms with Crippen LogP contribution >= 0.6 is 0 Å². The van der Waals surface area contributed by atoms with E-state index in [0.29, 0.717) is 0 Å². The highest BCUT2D eigenvalue weighted by Crippen LogP contribution is 2.39. The van der Waals surface area contributed by atoms with Crippen LogP contribution in [0.1, 0.15) is 35.1 Å². The van der Waals surface area contributed by atoms with E-state index in [4.69, 9.17) is 0 Å². The Kier molecular flexibility index (Phi) is 1.85. The van der Waals surface area contributed by atoms with E-state index in [1.807, 2.05) is 0 Å². The van der Waals surface area contributed by atoms with Crippen LogP contribution in [-0.2, 0) is 6.42 Å². The summed E-state index contributed by atoms with van der Waals surface area (Å²) in [5, 5.41) is 0. The number of fused-ring (bicyclic) bond motifs is 2. The van der Waals surface area contributed by atoms with Crippen molar-refractivity contribution in [3.05, 3.63) is 52.1 Å². The SMILES string of the molecule is Cc1cc(C)c2c(c1)C1=C(C=CC1)CC2. The largest absolute Gasteiger partial charge is 0.0798 e. The van der Waals surface area contributed by atoms with Crippen LogP contribution in [0.5, 0.6) is 0 Å². The quantitative estimate of drug-likeness (QED) is 0.589. The van der Waals surface area contributed by atoms with Gasteiger partial charge in [0.15, 0.2) is 0 Å². The van der Waals surface area contributed by atoms with Gasteiger partial charge in [-0.2, -0.15) is 0 Å². The summed E-state index contributed by atoms with van der Waals surface area (Å²) in [7, 11) is 0. The van der Waals surface area contributed by atoms with Crippen molar-refractivity contribution < 1.29 is 0 Å². The Labute approximate surface area is 91.3 Å². The van der Waals surface area contributed by atoms with Gasteiger partial charge in [0.05, 0.1) is 0 Å². The normalized spacial score (nSPS) is 18.0. The molecule has 0 unspecified atom stereocenters. The van der Waals surface area contributed by atoms with Crippen LogP contribution < -0.4 is 0 Å². The van der Waals surface area contributed by atoms with Crippen molar-refractivity contribution in [3.8, 4) is 0 Å². The van der Waals surface area contributed by atoms with E-state index in [9.17, 15) is 0 Å². The van der Waals surface area contributed by atoms with Crippen LogP contribution in [-0.4, -0.2) is 0 Å². The summed E-state index contributed by atoms with van der Waals surface area (Å²) in [6.45, 7) is 4.45. The molecule has 2 aliphatic rings. The van der Waals surface area contributed by atoms with Crippen molar-refractivity contribution in [2.24, 2.45) is 0 Å². The molecule has 0 radical (unpaired) electrons. The van der Waals surface area contributed by atoms with Gasteiger partial charge in [0.25, 0.3) is 0 Å². The molecule has 0 fully saturated rings. The lowest BCUT2D eigenvalue weighted by Crippen LogP contribution is -2.04. The van der Waals surface area contributed by atoms with Crippen LogP contribution in [0.25, 0.3) is 5.57 Å². The van der Waals surface area contributed by atoms with E-state index < -0.39 is 0 Å². The molecule has 15 heavy (non-hydrogen) atoms. The molecule has 1 aromatic carbocycles. The van der Waals surface area contributed by atoms with Gasteiger partial charge in [-0.05, 0) is 60.9 Å². The third kappa shape index (κ3) is 1.28. The fourth-order valence-electron chi connectivity index (χ4n) is 2.93. The Hall–Kier alpha value is -1.30. The molecule has 2 aliphatic carbocycles. The maximum Gasteiger partial charge on any atom is -0.00854 e. The number of allylic oxidation sites excluding steroid dienone is 4. The van der Waals surface area contributed by atoms with E-state index >= 15 is 0 Å². The minimum atomic E-state index is 1.14. The second-order valence-corrected chi connectivity index (χ2v) is 4.72. The average Bonchev–Trinajstić information content (AvgIpc) is 2.65. The molecule has 0 spiro atoms. The molecule has 0 aromatic heterocycles. The predicted molar refractivity (Wildman–Crippen MR) is 64.9 cm³/mol. The molecular formula is C15H16. The predicted octanol–water partition coefficient (Wildman–Crippen LogP) is 3.96. The zero-order chi connectivity index (χ0) is 10.4. The first kappa shape index (κ1) is 8.96. The minimum absolute atomic E-state index is 1.14. The third-order valence-electron chi connectivity index (χ3n) is 3.62. The lowest BCUT2D eigenvalue weighted by atomic mass is 9.83. The summed E-state index contributed by atoms with van der Waals surface area (Å²) in [5.41, 5.74) is 9.15. The molecule has 76 valence electrons. The molecule has 0 aliphatic heterocycles. The summed E-state index contributed by atoms with van der Waals surface area (Å²) >= 11 is 0. The van der Waals surface area contributed by atoms with Gasteiger partial charge >= 0.3 is 0 Å². The highest BCUT2D eigenvalue weighted by molar-refractivity contribution is 5.79. The van der Waals surface area contributed by atoms with Gasteiger partial charge in [-0.1, -0.05) is 29.8 Å². The second kappa shape index (κ2) is 3.10. The van der Waals surface area contributed by atoms with Crippen molar-refractivity contribution >= 4 is 5.57 Å². The Morgan fingerprint density at radius 1 is 1.07 bits per heavy atom. The summed E-state index contributed by atoms with van der Waals surface area (Å²) in [5.74, 6) is 0. The van der Waals surface area contributed by atoms with E-state index in [-0.39, 0.29) is 0 Å². The molecule has 0 saturated heterocycles. The average molecular weight is 196 g/mol. The summed E-state index contributed by atoms with van der Waals surface area (Å²) in [4.78, 5) is 0. The Morgan fingerprint density at radius 3 is 2.80 bits per heavy atom. The Balaban J connectivity index is 2.24. The first-order valence-corrected chi connectivity index (χ1v) is 5.75. The van der Waals surface area contributed by atoms with Gasteiger partial charge in [-0.15, -0.1) is 0 Å². The molecule has 0 atom stereocenters. The molecule has 0 N–H and O–H groups in total. The molecule has 0 saturated carbocycles. The van der Waals surface area contributed by atoms with E-state index in [0.717, 1.165) is 6.42 Å². The first-order valence-electron chi connectivity index (χ1n) is 5.75. The lowest BCUT2D eigenvalue weighted by Gasteiger charge is -2.21. The molecule has 3 rings (SSSR count). The van der Waals surface area contributed by atoms with E-state index in [2.05, 4.69) is 38.1 Å². The van der Waals surface area contributed by atoms with Gasteiger partial charge < -0.3 is 0 Å². The molecule has 0 bridgehead atoms. The van der Waals surface area contributed by atoms with Crippen molar-refractivity contribution in [1.82, 2.24) is 0 Å². The number of hydrogen-bond acceptors (Lipinski definition) is 0. The number of benzene rings is 1. The Bertz CT molecular complexity index is 487. The molecule has 0 amide bonds. The smallest absolute Gasteiger partial charge is 0.00854 e. The Morgan fingerprint density at radius 2 is 1.93 bits per heavy atom. The van der Waals surface area contributed by atoms with Crippen molar-refractivity contribution in [2.75, 3.05) is 0 Å². The van der Waals surface area contributed by atoms with E-state index in [1.54, 1.807) is 16.7 Å². The maximum atomic E-state index is 2.36. The number of rotatable bonds is 0. The summed E-state index contributed by atoms with van der Waals surface area (Å²) in [6, 6.07) is 4.68. The monoisotopic (exact) mass is 196 g/mol. The first-order chi connectivity index (χ1) is 7.25. The molecule has 0 heterocycles. The standard InChI is InChI=1S/C15H16/c1-10-8-11(2)13-7-6-12-4-3-5-14(12)15(13)9-10/h3-4,8-9H,5-7H2,1-2H3. The van der Waals surface area contributed by atoms with Gasteiger partial charge in [-0.3, -0.25) is 0 Å². The molecule has 0 heteroatoms. The van der Waals surface area contributed by atoms with Crippen molar-refractivity contribution in [3.63, 3.8) is 0 Å². The molecule has 0 nitrogen and oxygen atoms in total. The number of aryl methyl sites for hydroxylation is 2. The maximum absolute atomic E-state index is 2.36. The number of hydrogen-bond donors (Lipinski definition) is 0.